The number of carbonyl (C=O) groups is 3. The average molecular weight is 452 g/mol. The minimum atomic E-state index is -1.01. The Morgan fingerprint density at radius 1 is 1.00 bits per heavy atom. The summed E-state index contributed by atoms with van der Waals surface area (Å²) in [7, 11) is 0. The third-order valence-corrected chi connectivity index (χ3v) is 6.54. The molecule has 1 heterocycles. The van der Waals surface area contributed by atoms with Crippen LogP contribution in [0.25, 0.3) is 0 Å². The van der Waals surface area contributed by atoms with Crippen LogP contribution in [0.3, 0.4) is 0 Å². The summed E-state index contributed by atoms with van der Waals surface area (Å²) >= 11 is 0. The molecule has 1 rings (SSSR count). The zero-order valence-electron chi connectivity index (χ0n) is 21.5. The lowest BCUT2D eigenvalue weighted by molar-refractivity contribution is -0.136. The molecule has 0 spiro atoms. The van der Waals surface area contributed by atoms with Gasteiger partial charge in [-0.2, -0.15) is 0 Å². The van der Waals surface area contributed by atoms with Gasteiger partial charge < -0.3 is 15.7 Å². The van der Waals surface area contributed by atoms with E-state index >= 15 is 0 Å². The number of aliphatic carboxylic acids is 1. The molecule has 0 radical (unpaired) electrons. The van der Waals surface area contributed by atoms with Crippen molar-refractivity contribution in [2.24, 2.45) is 17.3 Å². The summed E-state index contributed by atoms with van der Waals surface area (Å²) in [4.78, 5) is 40.2. The highest BCUT2D eigenvalue weighted by Crippen LogP contribution is 2.25. The minimum absolute atomic E-state index is 0.00490. The maximum Gasteiger partial charge on any atom is 0.331 e. The van der Waals surface area contributed by atoms with E-state index in [0.717, 1.165) is 25.8 Å². The molecular weight excluding hydrogens is 406 g/mol. The summed E-state index contributed by atoms with van der Waals surface area (Å²) < 4.78 is 0. The molecule has 32 heavy (non-hydrogen) atoms. The van der Waals surface area contributed by atoms with Crippen molar-refractivity contribution in [3.63, 3.8) is 0 Å². The van der Waals surface area contributed by atoms with Crippen LogP contribution in [-0.4, -0.2) is 58.5 Å². The first-order valence-corrected chi connectivity index (χ1v) is 11.9. The van der Waals surface area contributed by atoms with Crippen LogP contribution in [-0.2, 0) is 14.4 Å². The van der Waals surface area contributed by atoms with Gasteiger partial charge in [0.15, 0.2) is 0 Å². The summed E-state index contributed by atoms with van der Waals surface area (Å²) in [5, 5.41) is 15.2. The quantitative estimate of drug-likeness (QED) is 0.465. The van der Waals surface area contributed by atoms with Crippen molar-refractivity contribution in [1.82, 2.24) is 15.5 Å². The second kappa shape index (κ2) is 11.8. The Morgan fingerprint density at radius 2 is 1.59 bits per heavy atom. The molecule has 1 aliphatic rings. The van der Waals surface area contributed by atoms with Crippen molar-refractivity contribution in [2.75, 3.05) is 6.54 Å². The maximum absolute atomic E-state index is 13.4. The molecule has 0 aromatic heterocycles. The first kappa shape index (κ1) is 28.1. The van der Waals surface area contributed by atoms with Gasteiger partial charge in [-0.05, 0) is 50.5 Å². The molecule has 0 aromatic carbocycles. The molecule has 2 unspecified atom stereocenters. The predicted molar refractivity (Wildman–Crippen MR) is 128 cm³/mol. The van der Waals surface area contributed by atoms with Crippen molar-refractivity contribution in [2.45, 2.75) is 106 Å². The van der Waals surface area contributed by atoms with Crippen molar-refractivity contribution < 1.29 is 19.5 Å². The van der Waals surface area contributed by atoms with Crippen molar-refractivity contribution in [3.8, 4) is 0 Å². The Labute approximate surface area is 194 Å². The predicted octanol–water partition coefficient (Wildman–Crippen LogP) is 3.59. The van der Waals surface area contributed by atoms with Crippen molar-refractivity contribution >= 4 is 17.8 Å². The van der Waals surface area contributed by atoms with Gasteiger partial charge in [-0.15, -0.1) is 0 Å². The molecule has 4 atom stereocenters. The van der Waals surface area contributed by atoms with E-state index in [-0.39, 0.29) is 35.4 Å². The number of rotatable bonds is 9. The molecule has 184 valence electrons. The molecule has 0 saturated carbocycles. The van der Waals surface area contributed by atoms with Crippen LogP contribution >= 0.6 is 0 Å². The topological polar surface area (TPSA) is 98.7 Å². The van der Waals surface area contributed by atoms with E-state index in [1.807, 2.05) is 34.6 Å². The smallest absolute Gasteiger partial charge is 0.331 e. The number of nitrogens with one attached hydrogen (secondary N) is 2. The largest absolute Gasteiger partial charge is 0.478 e. The summed E-state index contributed by atoms with van der Waals surface area (Å²) in [5.41, 5.74) is -0.323. The minimum Gasteiger partial charge on any atom is -0.478 e. The van der Waals surface area contributed by atoms with E-state index in [0.29, 0.717) is 5.92 Å². The van der Waals surface area contributed by atoms with Crippen LogP contribution in [0.5, 0.6) is 0 Å². The number of carbonyl (C=O) groups excluding carboxylic acids is 2. The second-order valence-corrected chi connectivity index (χ2v) is 11.0. The lowest BCUT2D eigenvalue weighted by Gasteiger charge is -2.42. The number of piperidine rings is 1. The molecule has 0 aromatic rings. The van der Waals surface area contributed by atoms with Crippen LogP contribution in [0.15, 0.2) is 11.6 Å². The highest BCUT2D eigenvalue weighted by atomic mass is 16.4. The van der Waals surface area contributed by atoms with Gasteiger partial charge in [0.2, 0.25) is 11.8 Å². The van der Waals surface area contributed by atoms with Crippen molar-refractivity contribution in [3.05, 3.63) is 11.6 Å². The first-order valence-electron chi connectivity index (χ1n) is 11.9. The first-order chi connectivity index (χ1) is 14.7. The van der Waals surface area contributed by atoms with Gasteiger partial charge in [0, 0.05) is 11.6 Å². The summed E-state index contributed by atoms with van der Waals surface area (Å²) in [6.07, 6.45) is 4.44. The number of hydrogen-bond donors (Lipinski definition) is 3. The molecule has 1 fully saturated rings. The number of nitrogens with zero attached hydrogens (tertiary/aromatic N) is 1. The van der Waals surface area contributed by atoms with Crippen LogP contribution in [0.4, 0.5) is 0 Å². The highest BCUT2D eigenvalue weighted by Gasteiger charge is 2.38. The monoisotopic (exact) mass is 451 g/mol. The highest BCUT2D eigenvalue weighted by molar-refractivity contribution is 5.91. The number of carboxylic acids is 1. The van der Waals surface area contributed by atoms with Crippen LogP contribution in [0.1, 0.15) is 81.6 Å². The fourth-order valence-electron chi connectivity index (χ4n) is 4.01. The van der Waals surface area contributed by atoms with Crippen molar-refractivity contribution in [1.29, 1.82) is 0 Å². The Hall–Kier alpha value is -1.89. The Kier molecular flexibility index (Phi) is 10.4. The molecule has 2 amide bonds. The molecule has 0 aliphatic carbocycles. The number of amides is 2. The lowest BCUT2D eigenvalue weighted by Crippen LogP contribution is -2.61. The van der Waals surface area contributed by atoms with Crippen LogP contribution in [0, 0.1) is 17.3 Å². The summed E-state index contributed by atoms with van der Waals surface area (Å²) in [6, 6.07) is -1.13. The standard InChI is InChI=1S/C25H45N3O4/c1-15(2)18(6)28-13-11-10-12-20(28)22(29)27-21(25(7,8)9)23(30)26-19(16(3)4)14-17(5)24(31)32/h14-16,18-21H,10-13H2,1-9H3,(H,26,30)(H,27,29)(H,31,32)/t18?,19-,20?,21-/m1/s1. The van der Waals surface area contributed by atoms with Gasteiger partial charge in [-0.1, -0.05) is 61.0 Å². The molecule has 1 aliphatic heterocycles. The fourth-order valence-corrected chi connectivity index (χ4v) is 4.01. The Balaban J connectivity index is 3.07. The number of carboxylic acid groups (broad SMARTS) is 1. The van der Waals surface area contributed by atoms with E-state index in [4.69, 9.17) is 0 Å². The SMILES string of the molecule is CC(=C[C@@H](NC(=O)[C@@H](NC(=O)C1CCCCN1C(C)C(C)C)C(C)(C)C)C(C)C)C(=O)O. The van der Waals surface area contributed by atoms with E-state index in [2.05, 4.69) is 36.3 Å². The van der Waals surface area contributed by atoms with Crippen LogP contribution < -0.4 is 10.6 Å². The normalized spacial score (nSPS) is 21.2. The number of hydrogen-bond acceptors (Lipinski definition) is 4. The summed E-state index contributed by atoms with van der Waals surface area (Å²) in [6.45, 7) is 18.5. The maximum atomic E-state index is 13.4. The molecule has 7 heteroatoms. The molecule has 7 nitrogen and oxygen atoms in total. The van der Waals surface area contributed by atoms with E-state index in [1.54, 1.807) is 6.08 Å². The second-order valence-electron chi connectivity index (χ2n) is 11.0. The average Bonchev–Trinajstić information content (AvgIpc) is 2.69. The number of likely N-dealkylation sites (tertiary alicyclic amines) is 1. The van der Waals surface area contributed by atoms with Gasteiger partial charge in [-0.3, -0.25) is 14.5 Å². The van der Waals surface area contributed by atoms with E-state index in [1.165, 1.54) is 6.92 Å². The third-order valence-electron chi connectivity index (χ3n) is 6.54. The third kappa shape index (κ3) is 7.91. The Morgan fingerprint density at radius 3 is 2.06 bits per heavy atom. The molecule has 3 N–H and O–H groups in total. The zero-order chi connectivity index (χ0) is 24.8. The molecular formula is C25H45N3O4. The van der Waals surface area contributed by atoms with E-state index in [9.17, 15) is 19.5 Å². The van der Waals surface area contributed by atoms with Gasteiger partial charge >= 0.3 is 5.97 Å². The fraction of sp³-hybridized carbons (Fsp3) is 0.800. The van der Waals surface area contributed by atoms with Gasteiger partial charge in [0.1, 0.15) is 6.04 Å². The Bertz CT molecular complexity index is 694. The lowest BCUT2D eigenvalue weighted by atomic mass is 9.85. The molecule has 0 bridgehead atoms. The summed E-state index contributed by atoms with van der Waals surface area (Å²) in [5.74, 6) is -0.974. The van der Waals surface area contributed by atoms with Crippen LogP contribution in [0.2, 0.25) is 0 Å². The van der Waals surface area contributed by atoms with Gasteiger partial charge in [-0.25, -0.2) is 4.79 Å². The zero-order valence-corrected chi connectivity index (χ0v) is 21.5. The van der Waals surface area contributed by atoms with Gasteiger partial charge in [0.05, 0.1) is 12.1 Å². The van der Waals surface area contributed by atoms with Gasteiger partial charge in [0.25, 0.3) is 0 Å². The van der Waals surface area contributed by atoms with E-state index < -0.39 is 23.5 Å². The molecule has 1 saturated heterocycles.